The van der Waals surface area contributed by atoms with Crippen molar-refractivity contribution < 1.29 is 26.3 Å². The van der Waals surface area contributed by atoms with Crippen LogP contribution in [0, 0.1) is 0 Å². The van der Waals surface area contributed by atoms with Crippen LogP contribution in [0.25, 0.3) is 0 Å². The molecule has 0 aromatic heterocycles. The van der Waals surface area contributed by atoms with Crippen LogP contribution in [0.1, 0.15) is 54.4 Å². The van der Waals surface area contributed by atoms with Crippen molar-refractivity contribution in [1.29, 1.82) is 0 Å². The molecule has 4 nitrogen and oxygen atoms in total. The van der Waals surface area contributed by atoms with Crippen LogP contribution in [0.4, 0.5) is 26.3 Å². The number of hydrogen-bond acceptors (Lipinski definition) is 4. The Balaban J connectivity index is 2.82. The molecule has 0 aliphatic carbocycles. The molecule has 0 saturated carbocycles. The van der Waals surface area contributed by atoms with Gasteiger partial charge in [0.25, 0.3) is 0 Å². The molecule has 2 aliphatic rings. The van der Waals surface area contributed by atoms with Gasteiger partial charge in [0.05, 0.1) is 0 Å². The minimum atomic E-state index is -4.73. The van der Waals surface area contributed by atoms with E-state index < -0.39 is 56.0 Å². The molecule has 2 fully saturated rings. The van der Waals surface area contributed by atoms with Gasteiger partial charge in [-0.1, -0.05) is 0 Å². The summed E-state index contributed by atoms with van der Waals surface area (Å²) in [4.78, 5) is 0. The van der Waals surface area contributed by atoms with Crippen molar-refractivity contribution >= 4 is 19.5 Å². The summed E-state index contributed by atoms with van der Waals surface area (Å²) in [5.41, 5.74) is 0. The minimum absolute atomic E-state index is 0.0910. The molecule has 0 N–H and O–H groups in total. The fourth-order valence-electron chi connectivity index (χ4n) is 5.69. The van der Waals surface area contributed by atoms with Crippen LogP contribution in [0.15, 0.2) is 0 Å². The summed E-state index contributed by atoms with van der Waals surface area (Å²) in [6, 6.07) is -4.26. The maximum atomic E-state index is 14.1. The third-order valence-corrected chi connectivity index (χ3v) is 23.3. The molecule has 172 valence electrons. The Morgan fingerprint density at radius 3 is 1.10 bits per heavy atom. The van der Waals surface area contributed by atoms with Gasteiger partial charge in [-0.2, -0.15) is 0 Å². The molecule has 11 heteroatoms. The summed E-state index contributed by atoms with van der Waals surface area (Å²) in [6.07, 6.45) is -9.16. The fraction of sp³-hybridized carbons (Fsp3) is 1.00. The van der Waals surface area contributed by atoms with Gasteiger partial charge in [0.15, 0.2) is 0 Å². The van der Waals surface area contributed by atoms with Gasteiger partial charge >= 0.3 is 175 Å². The molecule has 1 spiro atoms. The Morgan fingerprint density at radius 2 is 0.897 bits per heavy atom. The molecule has 2 heterocycles. The van der Waals surface area contributed by atoms with E-state index in [1.54, 1.807) is 27.7 Å². The van der Waals surface area contributed by atoms with Crippen LogP contribution in [0.5, 0.6) is 0 Å². The quantitative estimate of drug-likeness (QED) is 0.394. The number of alkyl halides is 6. The zero-order chi connectivity index (χ0) is 22.4. The van der Waals surface area contributed by atoms with Crippen molar-refractivity contribution in [2.45, 2.75) is 90.9 Å². The molecule has 2 aliphatic heterocycles. The molecule has 4 atom stereocenters. The molecule has 0 aromatic rings. The summed E-state index contributed by atoms with van der Waals surface area (Å²) in [6.45, 7) is 11.6. The second-order valence-corrected chi connectivity index (χ2v) is 18.0. The summed E-state index contributed by atoms with van der Waals surface area (Å²) in [5, 5.41) is 0. The van der Waals surface area contributed by atoms with Crippen LogP contribution in [-0.2, 0) is 0 Å². The second-order valence-electron chi connectivity index (χ2n) is 8.03. The third-order valence-electron chi connectivity index (χ3n) is 6.61. The van der Waals surface area contributed by atoms with Gasteiger partial charge in [0.1, 0.15) is 0 Å². The van der Waals surface area contributed by atoms with Gasteiger partial charge in [0, 0.05) is 0 Å². The molecular weight excluding hydrogens is 505 g/mol. The average molecular weight is 539 g/mol. The molecular formula is C18H34F6N4Sn. The average Bonchev–Trinajstić information content (AvgIpc) is 2.59. The summed E-state index contributed by atoms with van der Waals surface area (Å²) < 4.78 is 91.8. The van der Waals surface area contributed by atoms with Crippen molar-refractivity contribution in [3.8, 4) is 0 Å². The summed E-state index contributed by atoms with van der Waals surface area (Å²) >= 11 is -4.73. The molecule has 2 saturated heterocycles. The van der Waals surface area contributed by atoms with Gasteiger partial charge in [-0.05, 0) is 0 Å². The number of halogens is 6. The van der Waals surface area contributed by atoms with Crippen molar-refractivity contribution in [2.75, 3.05) is 26.2 Å². The van der Waals surface area contributed by atoms with E-state index in [9.17, 15) is 26.3 Å². The monoisotopic (exact) mass is 540 g/mol. The van der Waals surface area contributed by atoms with Gasteiger partial charge < -0.3 is 0 Å². The number of nitrogens with zero attached hydrogens (tertiary/aromatic N) is 4. The molecule has 0 radical (unpaired) electrons. The van der Waals surface area contributed by atoms with Gasteiger partial charge in [-0.3, -0.25) is 0 Å². The van der Waals surface area contributed by atoms with E-state index in [1.807, 2.05) is 20.1 Å². The Morgan fingerprint density at radius 1 is 0.621 bits per heavy atom. The second kappa shape index (κ2) is 8.99. The third kappa shape index (κ3) is 4.17. The molecule has 2 rings (SSSR count). The van der Waals surface area contributed by atoms with Crippen LogP contribution >= 0.6 is 0 Å². The Bertz CT molecular complexity index is 509. The van der Waals surface area contributed by atoms with Gasteiger partial charge in [-0.15, -0.1) is 0 Å². The normalized spacial score (nSPS) is 36.8. The molecule has 0 aromatic carbocycles. The van der Waals surface area contributed by atoms with Crippen LogP contribution in [-0.4, -0.2) is 94.7 Å². The van der Waals surface area contributed by atoms with Crippen LogP contribution in [0.2, 0.25) is 0 Å². The molecule has 29 heavy (non-hydrogen) atoms. The van der Waals surface area contributed by atoms with Crippen molar-refractivity contribution in [2.24, 2.45) is 0 Å². The first-order valence-corrected chi connectivity index (χ1v) is 15.6. The summed E-state index contributed by atoms with van der Waals surface area (Å²) in [7, 11) is 0. The van der Waals surface area contributed by atoms with Crippen LogP contribution in [0.3, 0.4) is 0 Å². The van der Waals surface area contributed by atoms with Crippen molar-refractivity contribution in [3.05, 3.63) is 0 Å². The maximum absolute atomic E-state index is 14.1. The Labute approximate surface area is 175 Å². The van der Waals surface area contributed by atoms with Gasteiger partial charge in [0.2, 0.25) is 0 Å². The topological polar surface area (TPSA) is 13.0 Å². The van der Waals surface area contributed by atoms with Crippen LogP contribution < -0.4 is 0 Å². The zero-order valence-electron chi connectivity index (χ0n) is 18.1. The van der Waals surface area contributed by atoms with E-state index in [0.717, 1.165) is 0 Å². The van der Waals surface area contributed by atoms with E-state index in [0.29, 0.717) is 13.1 Å². The zero-order valence-corrected chi connectivity index (χ0v) is 21.0. The fourth-order valence-corrected chi connectivity index (χ4v) is 24.0. The van der Waals surface area contributed by atoms with Crippen molar-refractivity contribution in [1.82, 2.24) is 12.5 Å². The molecule has 4 unspecified atom stereocenters. The van der Waals surface area contributed by atoms with E-state index in [4.69, 9.17) is 0 Å². The first-order chi connectivity index (χ1) is 13.3. The van der Waals surface area contributed by atoms with E-state index in [1.165, 1.54) is 6.24 Å². The first kappa shape index (κ1) is 25.5. The van der Waals surface area contributed by atoms with E-state index in [2.05, 4.69) is 0 Å². The van der Waals surface area contributed by atoms with Crippen molar-refractivity contribution in [3.63, 3.8) is 0 Å². The predicted molar refractivity (Wildman–Crippen MR) is 103 cm³/mol. The Hall–Kier alpha value is 0.219. The van der Waals surface area contributed by atoms with Gasteiger partial charge in [-0.25, -0.2) is 0 Å². The standard InChI is InChI=1S/2C9H17F3N2.Sn/c2*1-4-13-7(3)6-8(14-5-2)9(10,11)12;/h2*7-8H,4-6H2,1-3H3;/q2*-2;+4. The molecule has 0 amide bonds. The van der Waals surface area contributed by atoms with E-state index >= 15 is 0 Å². The Kier molecular flexibility index (Phi) is 7.90. The molecule has 0 bridgehead atoms. The SMILES string of the molecule is CC[N]1C(C)CC(C(F)(F)F)[N](CC)[Sn]12[N](CC)C(C)CC(C(F)(F)F)[N]2CC. The first-order valence-electron chi connectivity index (χ1n) is 10.5. The number of rotatable bonds is 4. The predicted octanol–water partition coefficient (Wildman–Crippen LogP) is 4.16. The summed E-state index contributed by atoms with van der Waals surface area (Å²) in [5.74, 6) is 0. The number of hydrogen-bond donors (Lipinski definition) is 0. The van der Waals surface area contributed by atoms with E-state index in [-0.39, 0.29) is 25.9 Å².